The Balaban J connectivity index is 1.35. The lowest BCUT2D eigenvalue weighted by atomic mass is 9.84. The van der Waals surface area contributed by atoms with Gasteiger partial charge in [-0.25, -0.2) is 10.4 Å². The van der Waals surface area contributed by atoms with Crippen molar-refractivity contribution in [1.82, 2.24) is 30.3 Å². The average Bonchev–Trinajstić information content (AvgIpc) is 3.71. The molecule has 7 rings (SSSR count). The van der Waals surface area contributed by atoms with Crippen LogP contribution >= 0.6 is 11.3 Å². The predicted molar refractivity (Wildman–Crippen MR) is 197 cm³/mol. The number of carbonyl (C=O) groups is 3. The lowest BCUT2D eigenvalue weighted by Gasteiger charge is -2.35. The number of hydrazine groups is 1. The fraction of sp³-hybridized carbons (Fsp3) is 0.487. The van der Waals surface area contributed by atoms with E-state index < -0.39 is 29.4 Å². The number of carbonyl (C=O) groups excluding carboxylic acids is 3. The molecular weight excluding hydrogens is 679 g/mol. The number of nitrogens with zero attached hydrogens (tertiary/aromatic N) is 5. The number of nitriles is 1. The summed E-state index contributed by atoms with van der Waals surface area (Å²) in [5.41, 5.74) is 9.45. The Bertz CT molecular complexity index is 2060. The summed E-state index contributed by atoms with van der Waals surface area (Å²) in [5, 5.41) is 17.4. The summed E-state index contributed by atoms with van der Waals surface area (Å²) < 4.78 is 14.1. The number of esters is 1. The highest BCUT2D eigenvalue weighted by Crippen LogP contribution is 2.42. The third-order valence-corrected chi connectivity index (χ3v) is 11.3. The second-order valence-electron chi connectivity index (χ2n) is 14.8. The van der Waals surface area contributed by atoms with Gasteiger partial charge in [0, 0.05) is 65.6 Å². The van der Waals surface area contributed by atoms with Crippen LogP contribution in [-0.2, 0) is 43.2 Å². The van der Waals surface area contributed by atoms with Gasteiger partial charge in [0.25, 0.3) is 5.91 Å². The number of benzene rings is 1. The van der Waals surface area contributed by atoms with E-state index >= 15 is 0 Å². The molecule has 1 saturated heterocycles. The van der Waals surface area contributed by atoms with E-state index in [1.165, 1.54) is 16.3 Å². The molecule has 13 heteroatoms. The minimum absolute atomic E-state index is 0.167. The van der Waals surface area contributed by atoms with E-state index in [1.54, 1.807) is 13.3 Å². The molecule has 2 aliphatic heterocycles. The van der Waals surface area contributed by atoms with Gasteiger partial charge in [0.2, 0.25) is 5.91 Å². The van der Waals surface area contributed by atoms with Crippen molar-refractivity contribution in [3.05, 3.63) is 58.2 Å². The van der Waals surface area contributed by atoms with Crippen LogP contribution in [0.1, 0.15) is 69.3 Å². The van der Waals surface area contributed by atoms with E-state index in [9.17, 15) is 19.6 Å². The molecule has 0 radical (unpaired) electrons. The number of cyclic esters (lactones) is 1. The van der Waals surface area contributed by atoms with E-state index in [0.29, 0.717) is 37.2 Å². The maximum atomic E-state index is 14.0. The van der Waals surface area contributed by atoms with Gasteiger partial charge in [-0.05, 0) is 69.4 Å². The molecule has 0 unspecified atom stereocenters. The second-order valence-corrected chi connectivity index (χ2v) is 15.8. The molecule has 5 heterocycles. The first kappa shape index (κ1) is 35.7. The molecule has 5 atom stereocenters. The molecular formula is C39H45N7O5S. The minimum Gasteiger partial charge on any atom is -0.464 e. The quantitative estimate of drug-likeness (QED) is 0.251. The van der Waals surface area contributed by atoms with Gasteiger partial charge in [0.15, 0.2) is 0 Å². The summed E-state index contributed by atoms with van der Waals surface area (Å²) >= 11 is 1.44. The zero-order valence-corrected chi connectivity index (χ0v) is 31.1. The largest absolute Gasteiger partial charge is 0.464 e. The predicted octanol–water partition coefficient (Wildman–Crippen LogP) is 5.36. The first-order valence-electron chi connectivity index (χ1n) is 18.0. The van der Waals surface area contributed by atoms with Gasteiger partial charge < -0.3 is 19.4 Å². The number of aromatic nitrogens is 3. The minimum atomic E-state index is -0.926. The zero-order valence-electron chi connectivity index (χ0n) is 30.3. The molecule has 3 aliphatic rings. The van der Waals surface area contributed by atoms with Crippen LogP contribution in [0.4, 0.5) is 0 Å². The van der Waals surface area contributed by atoms with Crippen molar-refractivity contribution in [2.45, 2.75) is 84.5 Å². The van der Waals surface area contributed by atoms with E-state index in [-0.39, 0.29) is 36.9 Å². The number of hydrogen-bond donors (Lipinski definition) is 2. The van der Waals surface area contributed by atoms with E-state index in [1.807, 2.05) is 18.4 Å². The SMILES string of the molecule is CCn1c(-c2cccnc2[C@H](C)OC)c2c3cc(ccc31)-c1csc(n1)C[C@H](NC(=O)[C@@H]1C[C@H]1C#N)C(=O)N1CCC[C@H](N1)C(=O)OCC(C)(C)C2. The Morgan fingerprint density at radius 2 is 2.12 bits per heavy atom. The number of ether oxygens (including phenoxy) is 2. The van der Waals surface area contributed by atoms with Crippen molar-refractivity contribution in [2.75, 3.05) is 20.3 Å². The van der Waals surface area contributed by atoms with Gasteiger partial charge in [0.1, 0.15) is 12.1 Å². The number of aryl methyl sites for hydroxylation is 1. The highest BCUT2D eigenvalue weighted by molar-refractivity contribution is 7.10. The van der Waals surface area contributed by atoms with Gasteiger partial charge in [-0.15, -0.1) is 11.3 Å². The molecule has 2 N–H and O–H groups in total. The summed E-state index contributed by atoms with van der Waals surface area (Å²) in [5.74, 6) is -1.86. The number of rotatable bonds is 6. The van der Waals surface area contributed by atoms with Gasteiger partial charge in [-0.1, -0.05) is 19.9 Å². The molecule has 1 aromatic carbocycles. The Hall–Kier alpha value is -4.64. The van der Waals surface area contributed by atoms with E-state index in [4.69, 9.17) is 19.4 Å². The topological polar surface area (TPSA) is 151 Å². The number of methoxy groups -OCH3 is 1. The van der Waals surface area contributed by atoms with Crippen LogP contribution in [0.3, 0.4) is 0 Å². The van der Waals surface area contributed by atoms with Crippen molar-refractivity contribution >= 4 is 40.0 Å². The molecule has 2 amide bonds. The van der Waals surface area contributed by atoms with Crippen molar-refractivity contribution < 1.29 is 23.9 Å². The highest BCUT2D eigenvalue weighted by atomic mass is 32.1. The lowest BCUT2D eigenvalue weighted by Crippen LogP contribution is -2.60. The van der Waals surface area contributed by atoms with Crippen LogP contribution in [0.15, 0.2) is 41.9 Å². The molecule has 3 aromatic heterocycles. The fourth-order valence-electron chi connectivity index (χ4n) is 7.47. The Kier molecular flexibility index (Phi) is 9.91. The van der Waals surface area contributed by atoms with Gasteiger partial charge in [-0.3, -0.25) is 24.4 Å². The molecule has 6 bridgehead atoms. The van der Waals surface area contributed by atoms with Crippen LogP contribution < -0.4 is 10.7 Å². The normalized spacial score (nSPS) is 23.7. The van der Waals surface area contributed by atoms with E-state index in [2.05, 4.69) is 66.4 Å². The number of hydrogen-bond acceptors (Lipinski definition) is 10. The van der Waals surface area contributed by atoms with E-state index in [0.717, 1.165) is 51.2 Å². The van der Waals surface area contributed by atoms with Gasteiger partial charge in [0.05, 0.1) is 52.7 Å². The van der Waals surface area contributed by atoms with Gasteiger partial charge in [-0.2, -0.15) is 5.26 Å². The molecule has 272 valence electrons. The summed E-state index contributed by atoms with van der Waals surface area (Å²) in [6.07, 6.45) is 3.93. The Morgan fingerprint density at radius 1 is 1.29 bits per heavy atom. The molecule has 4 aromatic rings. The zero-order chi connectivity index (χ0) is 36.7. The smallest absolute Gasteiger partial charge is 0.324 e. The summed E-state index contributed by atoms with van der Waals surface area (Å²) in [4.78, 5) is 50.5. The number of pyridine rings is 1. The van der Waals surface area contributed by atoms with Crippen molar-refractivity contribution in [2.24, 2.45) is 17.3 Å². The third kappa shape index (κ3) is 6.95. The maximum absolute atomic E-state index is 14.0. The Labute approximate surface area is 307 Å². The molecule has 0 spiro atoms. The molecule has 1 aliphatic carbocycles. The average molecular weight is 724 g/mol. The molecule has 1 saturated carbocycles. The lowest BCUT2D eigenvalue weighted by molar-refractivity contribution is -0.155. The van der Waals surface area contributed by atoms with Crippen LogP contribution in [0.5, 0.6) is 0 Å². The van der Waals surface area contributed by atoms with Crippen molar-refractivity contribution in [1.29, 1.82) is 5.26 Å². The maximum Gasteiger partial charge on any atom is 0.324 e. The molecule has 2 fully saturated rings. The van der Waals surface area contributed by atoms with Crippen molar-refractivity contribution in [3.8, 4) is 28.6 Å². The first-order valence-corrected chi connectivity index (χ1v) is 18.9. The second kappa shape index (κ2) is 14.4. The van der Waals surface area contributed by atoms with Crippen LogP contribution in [-0.4, -0.2) is 69.7 Å². The van der Waals surface area contributed by atoms with Crippen LogP contribution in [0, 0.1) is 28.6 Å². The standard InChI is InChI=1S/C39H45N7O5S/c1-6-45-32-12-11-23-15-27(32)28(35(45)25-9-7-13-41-34(25)22(2)50-5)18-39(3,4)21-51-38(49)29-10-8-14-46(44-29)37(48)30(17-33-42-31(23)20-52-33)43-36(47)26-16-24(26)19-40/h7,9,11-13,15,20,22,24,26,29-30,44H,6,8,10,14,16-18,21H2,1-5H3,(H,43,47)/t22-,24-,26+,29-,30-/m0/s1. The number of amides is 2. The van der Waals surface area contributed by atoms with Crippen LogP contribution in [0.2, 0.25) is 0 Å². The first-order chi connectivity index (χ1) is 25.0. The monoisotopic (exact) mass is 723 g/mol. The molecule has 52 heavy (non-hydrogen) atoms. The van der Waals surface area contributed by atoms with Crippen molar-refractivity contribution in [3.63, 3.8) is 0 Å². The molecule has 12 nitrogen and oxygen atoms in total. The number of thiazole rings is 1. The Morgan fingerprint density at radius 3 is 2.87 bits per heavy atom. The fourth-order valence-corrected chi connectivity index (χ4v) is 8.32. The number of fused-ring (bicyclic) bond motifs is 6. The summed E-state index contributed by atoms with van der Waals surface area (Å²) in [7, 11) is 1.69. The van der Waals surface area contributed by atoms with Crippen LogP contribution in [0.25, 0.3) is 33.4 Å². The summed E-state index contributed by atoms with van der Waals surface area (Å²) in [6, 6.07) is 11.0. The van der Waals surface area contributed by atoms with Gasteiger partial charge >= 0.3 is 5.97 Å². The third-order valence-electron chi connectivity index (χ3n) is 10.4. The highest BCUT2D eigenvalue weighted by Gasteiger charge is 2.45. The number of nitrogens with one attached hydrogen (secondary N) is 2. The summed E-state index contributed by atoms with van der Waals surface area (Å²) in [6.45, 7) is 9.61.